The molecular weight excluding hydrogens is 311 g/mol. The lowest BCUT2D eigenvalue weighted by atomic mass is 10.2. The van der Waals surface area contributed by atoms with E-state index in [4.69, 9.17) is 11.5 Å². The van der Waals surface area contributed by atoms with Crippen molar-refractivity contribution in [3.8, 4) is 12.3 Å². The van der Waals surface area contributed by atoms with Crippen molar-refractivity contribution in [3.63, 3.8) is 0 Å². The number of sulfonamides is 1. The van der Waals surface area contributed by atoms with Crippen molar-refractivity contribution in [2.24, 2.45) is 0 Å². The Morgan fingerprint density at radius 1 is 1.38 bits per heavy atom. The van der Waals surface area contributed by atoms with Gasteiger partial charge in [-0.05, 0) is 12.1 Å². The fourth-order valence-electron chi connectivity index (χ4n) is 1.48. The molecule has 0 aromatic heterocycles. The Kier molecular flexibility index (Phi) is 4.98. The third kappa shape index (κ3) is 4.21. The summed E-state index contributed by atoms with van der Waals surface area (Å²) >= 11 is 0. The summed E-state index contributed by atoms with van der Waals surface area (Å²) in [7, 11) is -4.69. The summed E-state index contributed by atoms with van der Waals surface area (Å²) in [5.74, 6) is 0.356. The summed E-state index contributed by atoms with van der Waals surface area (Å²) in [6.07, 6.45) is -0.494. The molecule has 0 bridgehead atoms. The van der Waals surface area contributed by atoms with E-state index in [-0.39, 0.29) is 0 Å². The molecule has 0 radical (unpaired) electrons. The Bertz CT molecular complexity index is 676. The van der Waals surface area contributed by atoms with Crippen molar-refractivity contribution >= 4 is 16.0 Å². The number of nitrogens with one attached hydrogen (secondary N) is 1. The number of alkyl halides is 3. The number of halogens is 3. The normalized spacial score (nSPS) is 13.4. The van der Waals surface area contributed by atoms with Gasteiger partial charge < -0.3 is 5.11 Å². The van der Waals surface area contributed by atoms with Gasteiger partial charge in [-0.25, -0.2) is 8.42 Å². The van der Waals surface area contributed by atoms with Gasteiger partial charge in [-0.2, -0.15) is 17.9 Å². The molecule has 0 saturated carbocycles. The molecule has 21 heavy (non-hydrogen) atoms. The predicted molar refractivity (Wildman–Crippen MR) is 66.6 cm³/mol. The minimum absolute atomic E-state index is 0.497. The summed E-state index contributed by atoms with van der Waals surface area (Å²) in [6, 6.07) is 1.74. The Hall–Kier alpha value is -2.05. The average molecular weight is 321 g/mol. The zero-order chi connectivity index (χ0) is 16.3. The fraction of sp³-hybridized carbons (Fsp3) is 0.250. The Labute approximate surface area is 118 Å². The van der Waals surface area contributed by atoms with Crippen LogP contribution in [-0.4, -0.2) is 25.5 Å². The second-order valence-electron chi connectivity index (χ2n) is 3.91. The highest BCUT2D eigenvalue weighted by molar-refractivity contribution is 7.89. The molecule has 1 atom stereocenters. The molecule has 1 rings (SSSR count). The van der Waals surface area contributed by atoms with Gasteiger partial charge in [-0.1, -0.05) is 12.1 Å². The molecule has 9 heteroatoms. The largest absolute Gasteiger partial charge is 0.480 e. The summed E-state index contributed by atoms with van der Waals surface area (Å²) < 4.78 is 63.9. The quantitative estimate of drug-likeness (QED) is 0.804. The smallest absolute Gasteiger partial charge is 0.417 e. The van der Waals surface area contributed by atoms with Gasteiger partial charge in [0.05, 0.1) is 10.5 Å². The third-order valence-corrected chi connectivity index (χ3v) is 3.93. The first-order chi connectivity index (χ1) is 9.59. The van der Waals surface area contributed by atoms with Crippen LogP contribution in [0.3, 0.4) is 0 Å². The number of carboxylic acids is 1. The van der Waals surface area contributed by atoms with E-state index in [1.165, 1.54) is 0 Å². The highest BCUT2D eigenvalue weighted by Gasteiger charge is 2.37. The van der Waals surface area contributed by atoms with E-state index < -0.39 is 45.1 Å². The van der Waals surface area contributed by atoms with Gasteiger partial charge in [0.2, 0.25) is 10.0 Å². The molecule has 2 N–H and O–H groups in total. The molecule has 5 nitrogen and oxygen atoms in total. The van der Waals surface area contributed by atoms with Crippen molar-refractivity contribution < 1.29 is 31.5 Å². The number of carboxylic acid groups (broad SMARTS) is 1. The molecule has 0 aliphatic rings. The topological polar surface area (TPSA) is 83.5 Å². The van der Waals surface area contributed by atoms with Crippen LogP contribution in [-0.2, 0) is 21.0 Å². The standard InChI is InChI=1S/C12H10F3NO4S/c1-2-5-9(11(17)18)16-21(19,20)10-7-4-3-6-8(10)12(13,14)15/h1,3-4,6-7,9,16H,5H2,(H,17,18). The van der Waals surface area contributed by atoms with Crippen LogP contribution in [0.5, 0.6) is 0 Å². The minimum Gasteiger partial charge on any atom is -0.480 e. The first-order valence-electron chi connectivity index (χ1n) is 5.44. The van der Waals surface area contributed by atoms with Crippen molar-refractivity contribution in [3.05, 3.63) is 29.8 Å². The maximum Gasteiger partial charge on any atom is 0.417 e. The lowest BCUT2D eigenvalue weighted by Gasteiger charge is -2.16. The van der Waals surface area contributed by atoms with Crippen LogP contribution in [0.4, 0.5) is 13.2 Å². The summed E-state index contributed by atoms with van der Waals surface area (Å²) in [5, 5.41) is 8.80. The van der Waals surface area contributed by atoms with Crippen molar-refractivity contribution in [2.45, 2.75) is 23.5 Å². The number of hydrogen-bond acceptors (Lipinski definition) is 3. The number of rotatable bonds is 5. The molecule has 0 spiro atoms. The number of benzene rings is 1. The van der Waals surface area contributed by atoms with Gasteiger partial charge in [0, 0.05) is 6.42 Å². The van der Waals surface area contributed by atoms with Crippen LogP contribution < -0.4 is 4.72 Å². The minimum atomic E-state index is -4.89. The second-order valence-corrected chi connectivity index (χ2v) is 5.60. The van der Waals surface area contributed by atoms with Gasteiger partial charge in [-0.3, -0.25) is 4.79 Å². The maximum absolute atomic E-state index is 12.8. The Morgan fingerprint density at radius 2 is 1.95 bits per heavy atom. The van der Waals surface area contributed by atoms with E-state index in [2.05, 4.69) is 0 Å². The SMILES string of the molecule is C#CCC(NS(=O)(=O)c1ccccc1C(F)(F)F)C(=O)O. The monoisotopic (exact) mass is 321 g/mol. The van der Waals surface area contributed by atoms with Gasteiger partial charge in [0.25, 0.3) is 0 Å². The second kappa shape index (κ2) is 6.15. The maximum atomic E-state index is 12.8. The lowest BCUT2D eigenvalue weighted by molar-refractivity contribution is -0.140. The summed E-state index contributed by atoms with van der Waals surface area (Å²) in [6.45, 7) is 0. The molecule has 1 unspecified atom stereocenters. The molecule has 114 valence electrons. The molecule has 1 aromatic rings. The van der Waals surface area contributed by atoms with E-state index in [0.717, 1.165) is 18.2 Å². The Balaban J connectivity index is 3.27. The van der Waals surface area contributed by atoms with Crippen molar-refractivity contribution in [1.82, 2.24) is 4.72 Å². The lowest BCUT2D eigenvalue weighted by Crippen LogP contribution is -2.41. The molecule has 1 aromatic carbocycles. The zero-order valence-corrected chi connectivity index (χ0v) is 11.2. The van der Waals surface area contributed by atoms with Crippen LogP contribution in [0, 0.1) is 12.3 Å². The average Bonchev–Trinajstić information content (AvgIpc) is 2.37. The molecule has 0 amide bonds. The third-order valence-electron chi connectivity index (χ3n) is 2.40. The Morgan fingerprint density at radius 3 is 2.43 bits per heavy atom. The van der Waals surface area contributed by atoms with Crippen molar-refractivity contribution in [2.75, 3.05) is 0 Å². The summed E-state index contributed by atoms with van der Waals surface area (Å²) in [4.78, 5) is 9.78. The fourth-order valence-corrected chi connectivity index (χ4v) is 2.90. The summed E-state index contributed by atoms with van der Waals surface area (Å²) in [5.41, 5.74) is -1.39. The molecular formula is C12H10F3NO4S. The number of hydrogen-bond donors (Lipinski definition) is 2. The molecule has 0 fully saturated rings. The van der Waals surface area contributed by atoms with Crippen LogP contribution in [0.1, 0.15) is 12.0 Å². The highest BCUT2D eigenvalue weighted by Crippen LogP contribution is 2.33. The predicted octanol–water partition coefficient (Wildman–Crippen LogP) is 1.46. The van der Waals surface area contributed by atoms with E-state index in [9.17, 15) is 26.4 Å². The molecule has 0 saturated heterocycles. The molecule has 0 aliphatic heterocycles. The first kappa shape index (κ1) is 17.0. The number of carbonyl (C=O) groups is 1. The molecule has 0 heterocycles. The van der Waals surface area contributed by atoms with Gasteiger partial charge in [0.15, 0.2) is 0 Å². The van der Waals surface area contributed by atoms with E-state index in [1.54, 1.807) is 4.72 Å². The number of terminal acetylenes is 1. The number of aliphatic carboxylic acids is 1. The zero-order valence-electron chi connectivity index (χ0n) is 10.4. The van der Waals surface area contributed by atoms with E-state index >= 15 is 0 Å². The van der Waals surface area contributed by atoms with E-state index in [0.29, 0.717) is 6.07 Å². The van der Waals surface area contributed by atoms with Crippen LogP contribution in [0.2, 0.25) is 0 Å². The van der Waals surface area contributed by atoms with Gasteiger partial charge in [0.1, 0.15) is 6.04 Å². The van der Waals surface area contributed by atoms with Gasteiger partial charge in [-0.15, -0.1) is 12.3 Å². The molecule has 0 aliphatic carbocycles. The van der Waals surface area contributed by atoms with Crippen LogP contribution >= 0.6 is 0 Å². The van der Waals surface area contributed by atoms with Crippen molar-refractivity contribution in [1.29, 1.82) is 0 Å². The highest BCUT2D eigenvalue weighted by atomic mass is 32.2. The van der Waals surface area contributed by atoms with Gasteiger partial charge >= 0.3 is 12.1 Å². The van der Waals surface area contributed by atoms with E-state index in [1.807, 2.05) is 5.92 Å². The van der Waals surface area contributed by atoms with Crippen LogP contribution in [0.15, 0.2) is 29.2 Å². The first-order valence-corrected chi connectivity index (χ1v) is 6.92. The van der Waals surface area contributed by atoms with Crippen LogP contribution in [0.25, 0.3) is 0 Å².